The van der Waals surface area contributed by atoms with E-state index in [1.54, 1.807) is 32.0 Å². The highest BCUT2D eigenvalue weighted by atomic mass is 35.5. The third-order valence-electron chi connectivity index (χ3n) is 3.48. The second-order valence-electron chi connectivity index (χ2n) is 5.70. The Hall–Kier alpha value is -2.12. The summed E-state index contributed by atoms with van der Waals surface area (Å²) >= 11 is 12.1. The van der Waals surface area contributed by atoms with Gasteiger partial charge in [-0.3, -0.25) is 14.7 Å². The molecule has 0 aliphatic heterocycles. The van der Waals surface area contributed by atoms with Crippen LogP contribution in [0.1, 0.15) is 31.1 Å². The molecule has 1 aromatic heterocycles. The number of nitrogens with one attached hydrogen (secondary N) is 2. The van der Waals surface area contributed by atoms with E-state index in [0.29, 0.717) is 21.4 Å². The number of aromatic amines is 1. The number of hydrogen-bond acceptors (Lipinski definition) is 4. The fourth-order valence-corrected chi connectivity index (χ4v) is 2.78. The molecule has 0 fully saturated rings. The van der Waals surface area contributed by atoms with Crippen LogP contribution >= 0.6 is 23.2 Å². The molecule has 0 spiro atoms. The van der Waals surface area contributed by atoms with Crippen molar-refractivity contribution in [2.45, 2.75) is 32.2 Å². The van der Waals surface area contributed by atoms with Gasteiger partial charge in [-0.05, 0) is 31.5 Å². The Bertz CT molecular complexity index is 774. The van der Waals surface area contributed by atoms with Crippen LogP contribution in [0, 0.1) is 0 Å². The Labute approximate surface area is 148 Å². The molecule has 9 heteroatoms. The lowest BCUT2D eigenvalue weighted by molar-refractivity contribution is -0.136. The van der Waals surface area contributed by atoms with E-state index < -0.39 is 11.4 Å². The van der Waals surface area contributed by atoms with Crippen molar-refractivity contribution in [1.29, 1.82) is 0 Å². The van der Waals surface area contributed by atoms with E-state index in [9.17, 15) is 9.59 Å². The van der Waals surface area contributed by atoms with Crippen molar-refractivity contribution in [2.24, 2.45) is 0 Å². The number of benzene rings is 1. The van der Waals surface area contributed by atoms with Gasteiger partial charge >= 0.3 is 5.97 Å². The number of aliphatic carboxylic acids is 1. The zero-order chi connectivity index (χ0) is 17.9. The Morgan fingerprint density at radius 3 is 2.67 bits per heavy atom. The molecule has 7 nitrogen and oxygen atoms in total. The van der Waals surface area contributed by atoms with Crippen LogP contribution in [0.5, 0.6) is 0 Å². The van der Waals surface area contributed by atoms with Crippen LogP contribution in [0.25, 0.3) is 0 Å². The molecular weight excluding hydrogens is 355 g/mol. The topological polar surface area (TPSA) is 108 Å². The first-order chi connectivity index (χ1) is 11.2. The molecular formula is C15H16Cl2N4O3. The lowest BCUT2D eigenvalue weighted by atomic mass is 9.83. The molecule has 1 amide bonds. The van der Waals surface area contributed by atoms with E-state index in [-0.39, 0.29) is 24.7 Å². The van der Waals surface area contributed by atoms with Crippen molar-refractivity contribution >= 4 is 35.1 Å². The van der Waals surface area contributed by atoms with E-state index in [2.05, 4.69) is 20.5 Å². The van der Waals surface area contributed by atoms with Gasteiger partial charge < -0.3 is 10.4 Å². The second kappa shape index (κ2) is 7.19. The Morgan fingerprint density at radius 2 is 2.04 bits per heavy atom. The first-order valence-corrected chi connectivity index (χ1v) is 7.81. The van der Waals surface area contributed by atoms with Crippen LogP contribution in [-0.4, -0.2) is 32.2 Å². The van der Waals surface area contributed by atoms with E-state index >= 15 is 0 Å². The smallest absolute Gasteiger partial charge is 0.311 e. The summed E-state index contributed by atoms with van der Waals surface area (Å²) in [4.78, 5) is 27.1. The molecule has 3 N–H and O–H groups in total. The molecule has 1 heterocycles. The van der Waals surface area contributed by atoms with Gasteiger partial charge in [-0.15, -0.1) is 0 Å². The van der Waals surface area contributed by atoms with Crippen molar-refractivity contribution in [1.82, 2.24) is 20.5 Å². The summed E-state index contributed by atoms with van der Waals surface area (Å²) in [5.74, 6) is -0.754. The highest BCUT2D eigenvalue weighted by molar-refractivity contribution is 6.35. The summed E-state index contributed by atoms with van der Waals surface area (Å²) in [6.07, 6.45) is -0.281. The van der Waals surface area contributed by atoms with Crippen LogP contribution in [-0.2, 0) is 28.0 Å². The molecule has 2 aromatic rings. The van der Waals surface area contributed by atoms with Crippen molar-refractivity contribution in [3.63, 3.8) is 0 Å². The zero-order valence-corrected chi connectivity index (χ0v) is 14.6. The van der Waals surface area contributed by atoms with Gasteiger partial charge in [0.15, 0.2) is 5.82 Å². The number of nitrogens with zero attached hydrogens (tertiary/aromatic N) is 2. The van der Waals surface area contributed by atoms with Crippen molar-refractivity contribution in [3.05, 3.63) is 45.5 Å². The first-order valence-electron chi connectivity index (χ1n) is 7.06. The van der Waals surface area contributed by atoms with Gasteiger partial charge in [0, 0.05) is 10.0 Å². The predicted octanol–water partition coefficient (Wildman–Crippen LogP) is 2.33. The van der Waals surface area contributed by atoms with Gasteiger partial charge in [0.25, 0.3) is 0 Å². The largest absolute Gasteiger partial charge is 0.481 e. The number of aromatic nitrogens is 3. The predicted molar refractivity (Wildman–Crippen MR) is 89.1 cm³/mol. The summed E-state index contributed by atoms with van der Waals surface area (Å²) in [6.45, 7) is 3.58. The van der Waals surface area contributed by atoms with Crippen LogP contribution in [0.4, 0.5) is 0 Å². The maximum atomic E-state index is 12.5. The molecule has 0 atom stereocenters. The first kappa shape index (κ1) is 18.2. The van der Waals surface area contributed by atoms with Crippen molar-refractivity contribution < 1.29 is 14.7 Å². The van der Waals surface area contributed by atoms with Crippen LogP contribution in [0.2, 0.25) is 10.0 Å². The highest BCUT2D eigenvalue weighted by Crippen LogP contribution is 2.32. The lowest BCUT2D eigenvalue weighted by Gasteiger charge is -2.25. The maximum absolute atomic E-state index is 12.5. The fourth-order valence-electron chi connectivity index (χ4n) is 2.13. The molecule has 0 saturated carbocycles. The zero-order valence-electron chi connectivity index (χ0n) is 13.1. The summed E-state index contributed by atoms with van der Waals surface area (Å²) < 4.78 is 0. The number of hydrogen-bond donors (Lipinski definition) is 3. The molecule has 128 valence electrons. The monoisotopic (exact) mass is 370 g/mol. The van der Waals surface area contributed by atoms with Crippen LogP contribution in [0.15, 0.2) is 18.2 Å². The van der Waals surface area contributed by atoms with E-state index in [1.165, 1.54) is 0 Å². The number of H-pyrrole nitrogens is 1. The molecule has 0 aliphatic rings. The van der Waals surface area contributed by atoms with Gasteiger partial charge in [0.05, 0.1) is 12.0 Å². The second-order valence-corrected chi connectivity index (χ2v) is 6.54. The number of carboxylic acids is 1. The average molecular weight is 371 g/mol. The average Bonchev–Trinajstić information content (AvgIpc) is 2.90. The van der Waals surface area contributed by atoms with Crippen molar-refractivity contribution in [3.8, 4) is 0 Å². The molecule has 24 heavy (non-hydrogen) atoms. The summed E-state index contributed by atoms with van der Waals surface area (Å²) in [6, 6.07) is 4.97. The van der Waals surface area contributed by atoms with Gasteiger partial charge in [0.1, 0.15) is 12.2 Å². The molecule has 0 unspecified atom stereocenters. The Kier molecular flexibility index (Phi) is 5.46. The Morgan fingerprint density at radius 1 is 1.33 bits per heavy atom. The Balaban J connectivity index is 2.05. The van der Waals surface area contributed by atoms with Gasteiger partial charge in [-0.25, -0.2) is 4.98 Å². The molecule has 0 radical (unpaired) electrons. The van der Waals surface area contributed by atoms with Crippen molar-refractivity contribution in [2.75, 3.05) is 0 Å². The quantitative estimate of drug-likeness (QED) is 0.722. The number of carboxylic acid groups (broad SMARTS) is 1. The molecule has 0 bridgehead atoms. The fraction of sp³-hybridized carbons (Fsp3) is 0.333. The van der Waals surface area contributed by atoms with Gasteiger partial charge in [-0.1, -0.05) is 29.3 Å². The number of halogens is 2. The van der Waals surface area contributed by atoms with E-state index in [1.807, 2.05) is 0 Å². The standard InChI is InChI=1S/C15H16Cl2N4O3/c1-15(2,9-4-3-8(16)5-10(9)17)14(24)18-7-12-19-11(20-21-12)6-13(22)23/h3-5H,6-7H2,1-2H3,(H,18,24)(H,22,23)(H,19,20,21). The van der Waals surface area contributed by atoms with Gasteiger partial charge in [-0.2, -0.15) is 5.10 Å². The van der Waals surface area contributed by atoms with Gasteiger partial charge in [0.2, 0.25) is 5.91 Å². The highest BCUT2D eigenvalue weighted by Gasteiger charge is 2.31. The SMILES string of the molecule is CC(C)(C(=O)NCc1nc(CC(=O)O)n[nH]1)c1ccc(Cl)cc1Cl. The number of carbonyl (C=O) groups is 2. The lowest BCUT2D eigenvalue weighted by Crippen LogP contribution is -2.40. The van der Waals surface area contributed by atoms with E-state index in [4.69, 9.17) is 28.3 Å². The minimum atomic E-state index is -1.02. The maximum Gasteiger partial charge on any atom is 0.311 e. The molecule has 0 saturated heterocycles. The van der Waals surface area contributed by atoms with E-state index in [0.717, 1.165) is 0 Å². The summed E-state index contributed by atoms with van der Waals surface area (Å²) in [5, 5.41) is 18.7. The number of rotatable bonds is 6. The normalized spacial score (nSPS) is 11.3. The minimum Gasteiger partial charge on any atom is -0.481 e. The molecule has 0 aliphatic carbocycles. The summed E-state index contributed by atoms with van der Waals surface area (Å²) in [5.41, 5.74) is -0.235. The summed E-state index contributed by atoms with van der Waals surface area (Å²) in [7, 11) is 0. The molecule has 2 rings (SSSR count). The van der Waals surface area contributed by atoms with Crippen LogP contribution < -0.4 is 5.32 Å². The third-order valence-corrected chi connectivity index (χ3v) is 4.02. The molecule has 1 aromatic carbocycles. The number of carbonyl (C=O) groups excluding carboxylic acids is 1. The van der Waals surface area contributed by atoms with Crippen LogP contribution in [0.3, 0.4) is 0 Å². The third kappa shape index (κ3) is 4.24. The number of amides is 1. The minimum absolute atomic E-state index is 0.0973.